The molecule has 1 amide bonds. The Morgan fingerprint density at radius 2 is 2.00 bits per heavy atom. The van der Waals surface area contributed by atoms with Crippen LogP contribution >= 0.6 is 0 Å². The second-order valence-corrected chi connectivity index (χ2v) is 5.87. The third-order valence-electron chi connectivity index (χ3n) is 3.75. The normalized spacial score (nSPS) is 21.4. The van der Waals surface area contributed by atoms with Gasteiger partial charge in [0.05, 0.1) is 11.8 Å². The minimum absolute atomic E-state index is 0.262. The van der Waals surface area contributed by atoms with E-state index < -0.39 is 23.2 Å². The highest BCUT2D eigenvalue weighted by atomic mass is 19.1. The third-order valence-corrected chi connectivity index (χ3v) is 3.75. The maximum Gasteiger partial charge on any atom is 0.307 e. The monoisotopic (exact) mass is 279 g/mol. The van der Waals surface area contributed by atoms with Crippen LogP contribution in [0, 0.1) is 17.7 Å². The molecule has 0 radical (unpaired) electrons. The third kappa shape index (κ3) is 2.98. The predicted octanol–water partition coefficient (Wildman–Crippen LogP) is 1.94. The Bertz CT molecular complexity index is 542. The molecule has 2 atom stereocenters. The molecular weight excluding hydrogens is 261 g/mol. The van der Waals surface area contributed by atoms with Crippen molar-refractivity contribution < 1.29 is 19.1 Å². The van der Waals surface area contributed by atoms with E-state index in [1.807, 2.05) is 13.8 Å². The highest BCUT2D eigenvalue weighted by Gasteiger charge is 2.48. The standard InChI is InChI=1S/C15H18FNO3/c1-15(2,11-5-3-4-6-12(11)16)8-17-13(18)9-7-10(9)14(19)20/h3-6,9-10H,7-8H2,1-2H3,(H,17,18)(H,19,20). The molecule has 1 aliphatic rings. The lowest BCUT2D eigenvalue weighted by atomic mass is 9.84. The van der Waals surface area contributed by atoms with Gasteiger partial charge in [0.15, 0.2) is 0 Å². The van der Waals surface area contributed by atoms with Crippen molar-refractivity contribution in [1.82, 2.24) is 5.32 Å². The number of carbonyl (C=O) groups is 2. The van der Waals surface area contributed by atoms with Gasteiger partial charge in [-0.25, -0.2) is 4.39 Å². The minimum atomic E-state index is -0.932. The van der Waals surface area contributed by atoms with Crippen molar-refractivity contribution in [1.29, 1.82) is 0 Å². The summed E-state index contributed by atoms with van der Waals surface area (Å²) in [5, 5.41) is 11.5. The minimum Gasteiger partial charge on any atom is -0.481 e. The van der Waals surface area contributed by atoms with E-state index in [1.54, 1.807) is 18.2 Å². The summed E-state index contributed by atoms with van der Waals surface area (Å²) < 4.78 is 13.8. The average Bonchev–Trinajstić information content (AvgIpc) is 3.16. The number of hydrogen-bond acceptors (Lipinski definition) is 2. The molecule has 0 spiro atoms. The van der Waals surface area contributed by atoms with Crippen LogP contribution in [0.3, 0.4) is 0 Å². The Labute approximate surface area is 117 Å². The number of rotatable bonds is 5. The highest BCUT2D eigenvalue weighted by Crippen LogP contribution is 2.38. The van der Waals surface area contributed by atoms with E-state index in [9.17, 15) is 14.0 Å². The first-order valence-electron chi connectivity index (χ1n) is 6.58. The zero-order valence-electron chi connectivity index (χ0n) is 11.5. The number of carbonyl (C=O) groups excluding carboxylic acids is 1. The number of carboxylic acids is 1. The smallest absolute Gasteiger partial charge is 0.307 e. The second kappa shape index (κ2) is 5.23. The highest BCUT2D eigenvalue weighted by molar-refractivity contribution is 5.89. The summed E-state index contributed by atoms with van der Waals surface area (Å²) in [6.45, 7) is 3.95. The summed E-state index contributed by atoms with van der Waals surface area (Å²) in [7, 11) is 0. The van der Waals surface area contributed by atoms with Crippen molar-refractivity contribution in [3.63, 3.8) is 0 Å². The quantitative estimate of drug-likeness (QED) is 0.865. The number of benzene rings is 1. The lowest BCUT2D eigenvalue weighted by Crippen LogP contribution is -2.38. The first-order valence-corrected chi connectivity index (χ1v) is 6.58. The van der Waals surface area contributed by atoms with Crippen molar-refractivity contribution in [3.05, 3.63) is 35.6 Å². The predicted molar refractivity (Wildman–Crippen MR) is 71.7 cm³/mol. The molecule has 5 heteroatoms. The molecule has 2 N–H and O–H groups in total. The Hall–Kier alpha value is -1.91. The van der Waals surface area contributed by atoms with Crippen LogP contribution in [0.25, 0.3) is 0 Å². The molecule has 0 saturated heterocycles. The Morgan fingerprint density at radius 3 is 2.55 bits per heavy atom. The zero-order valence-corrected chi connectivity index (χ0v) is 11.5. The number of hydrogen-bond donors (Lipinski definition) is 2. The first kappa shape index (κ1) is 14.5. The molecule has 0 aromatic heterocycles. The van der Waals surface area contributed by atoms with Gasteiger partial charge in [0, 0.05) is 12.0 Å². The van der Waals surface area contributed by atoms with Crippen LogP contribution in [0.15, 0.2) is 24.3 Å². The fourth-order valence-electron chi connectivity index (χ4n) is 2.30. The van der Waals surface area contributed by atoms with Crippen molar-refractivity contribution in [2.75, 3.05) is 6.54 Å². The van der Waals surface area contributed by atoms with Crippen molar-refractivity contribution >= 4 is 11.9 Å². The summed E-state index contributed by atoms with van der Waals surface area (Å²) in [6.07, 6.45) is 0.390. The number of carboxylic acid groups (broad SMARTS) is 1. The average molecular weight is 279 g/mol. The second-order valence-electron chi connectivity index (χ2n) is 5.87. The zero-order chi connectivity index (χ0) is 14.9. The molecule has 1 aromatic rings. The van der Waals surface area contributed by atoms with Crippen molar-refractivity contribution in [2.45, 2.75) is 25.7 Å². The van der Waals surface area contributed by atoms with Gasteiger partial charge in [-0.05, 0) is 18.1 Å². The molecule has 108 valence electrons. The van der Waals surface area contributed by atoms with Gasteiger partial charge in [-0.2, -0.15) is 0 Å². The number of amides is 1. The van der Waals surface area contributed by atoms with Gasteiger partial charge in [0.1, 0.15) is 5.82 Å². The Kier molecular flexibility index (Phi) is 3.79. The van der Waals surface area contributed by atoms with Crippen LogP contribution in [-0.4, -0.2) is 23.5 Å². The number of aliphatic carboxylic acids is 1. The maximum atomic E-state index is 13.8. The lowest BCUT2D eigenvalue weighted by molar-refractivity contribution is -0.140. The van der Waals surface area contributed by atoms with E-state index >= 15 is 0 Å². The number of halogens is 1. The van der Waals surface area contributed by atoms with Crippen LogP contribution in [0.1, 0.15) is 25.8 Å². The molecule has 1 fully saturated rings. The van der Waals surface area contributed by atoms with Gasteiger partial charge < -0.3 is 10.4 Å². The molecule has 0 bridgehead atoms. The summed E-state index contributed by atoms with van der Waals surface area (Å²) >= 11 is 0. The van der Waals surface area contributed by atoms with E-state index in [2.05, 4.69) is 5.32 Å². The van der Waals surface area contributed by atoms with E-state index in [4.69, 9.17) is 5.11 Å². The summed E-state index contributed by atoms with van der Waals surface area (Å²) in [6, 6.07) is 6.46. The van der Waals surface area contributed by atoms with Gasteiger partial charge in [-0.1, -0.05) is 32.0 Å². The fourth-order valence-corrected chi connectivity index (χ4v) is 2.30. The van der Waals surface area contributed by atoms with E-state index in [0.717, 1.165) is 0 Å². The maximum absolute atomic E-state index is 13.8. The first-order chi connectivity index (χ1) is 9.33. The van der Waals surface area contributed by atoms with E-state index in [1.165, 1.54) is 6.07 Å². The SMILES string of the molecule is CC(C)(CNC(=O)C1CC1C(=O)O)c1ccccc1F. The van der Waals surface area contributed by atoms with E-state index in [0.29, 0.717) is 12.0 Å². The fraction of sp³-hybridized carbons (Fsp3) is 0.467. The van der Waals surface area contributed by atoms with Gasteiger partial charge in [0.2, 0.25) is 5.91 Å². The molecule has 2 unspecified atom stereocenters. The van der Waals surface area contributed by atoms with Gasteiger partial charge >= 0.3 is 5.97 Å². The topological polar surface area (TPSA) is 66.4 Å². The van der Waals surface area contributed by atoms with Crippen LogP contribution in [-0.2, 0) is 15.0 Å². The van der Waals surface area contributed by atoms with Crippen LogP contribution < -0.4 is 5.32 Å². The van der Waals surface area contributed by atoms with Crippen LogP contribution in [0.2, 0.25) is 0 Å². The van der Waals surface area contributed by atoms with Crippen molar-refractivity contribution in [2.24, 2.45) is 11.8 Å². The summed E-state index contributed by atoms with van der Waals surface area (Å²) in [5.41, 5.74) is -0.0138. The summed E-state index contributed by atoms with van der Waals surface area (Å²) in [4.78, 5) is 22.5. The Balaban J connectivity index is 1.95. The van der Waals surface area contributed by atoms with Gasteiger partial charge in [0.25, 0.3) is 0 Å². The molecular formula is C15H18FNO3. The largest absolute Gasteiger partial charge is 0.481 e. The van der Waals surface area contributed by atoms with Gasteiger partial charge in [-0.15, -0.1) is 0 Å². The van der Waals surface area contributed by atoms with Crippen LogP contribution in [0.4, 0.5) is 4.39 Å². The Morgan fingerprint density at radius 1 is 1.35 bits per heavy atom. The van der Waals surface area contributed by atoms with E-state index in [-0.39, 0.29) is 18.3 Å². The molecule has 2 rings (SSSR count). The molecule has 0 heterocycles. The molecule has 4 nitrogen and oxygen atoms in total. The molecule has 0 aliphatic heterocycles. The van der Waals surface area contributed by atoms with Gasteiger partial charge in [-0.3, -0.25) is 9.59 Å². The lowest BCUT2D eigenvalue weighted by Gasteiger charge is -2.26. The number of nitrogens with one attached hydrogen (secondary N) is 1. The van der Waals surface area contributed by atoms with Crippen molar-refractivity contribution in [3.8, 4) is 0 Å². The molecule has 20 heavy (non-hydrogen) atoms. The molecule has 1 saturated carbocycles. The summed E-state index contributed by atoms with van der Waals surface area (Å²) in [5.74, 6) is -2.50. The molecule has 1 aliphatic carbocycles. The van der Waals surface area contributed by atoms with Crippen LogP contribution in [0.5, 0.6) is 0 Å². The molecule has 1 aromatic carbocycles.